The van der Waals surface area contributed by atoms with Crippen molar-refractivity contribution in [3.05, 3.63) is 23.3 Å². The Balaban J connectivity index is 1.77. The van der Waals surface area contributed by atoms with Crippen molar-refractivity contribution in [1.29, 1.82) is 0 Å². The number of hydrogen-bond acceptors (Lipinski definition) is 3. The number of allylic oxidation sites excluding steroid dienone is 3. The molecule has 3 saturated carbocycles. The summed E-state index contributed by atoms with van der Waals surface area (Å²) in [6.45, 7) is 40.7. The van der Waals surface area contributed by atoms with Crippen molar-refractivity contribution in [2.45, 2.75) is 214 Å². The zero-order chi connectivity index (χ0) is 35.9. The summed E-state index contributed by atoms with van der Waals surface area (Å²) in [5, 5.41) is 0.430. The Hall–Kier alpha value is 0.0106. The summed E-state index contributed by atoms with van der Waals surface area (Å²) in [7, 11) is -5.27. The van der Waals surface area contributed by atoms with Crippen LogP contribution in [-0.4, -0.2) is 42.8 Å². The van der Waals surface area contributed by atoms with Crippen molar-refractivity contribution in [3.8, 4) is 0 Å². The highest BCUT2D eigenvalue weighted by Crippen LogP contribution is 2.60. The Kier molecular flexibility index (Phi) is 13.2. The molecule has 0 radical (unpaired) electrons. The largest absolute Gasteiger partial charge is 0.414 e. The van der Waals surface area contributed by atoms with Gasteiger partial charge in [0.15, 0.2) is 25.0 Å². The van der Waals surface area contributed by atoms with E-state index in [4.69, 9.17) is 13.3 Å². The van der Waals surface area contributed by atoms with Crippen LogP contribution >= 0.6 is 0 Å². The van der Waals surface area contributed by atoms with E-state index in [0.29, 0.717) is 5.41 Å². The van der Waals surface area contributed by atoms with Crippen LogP contribution in [0.4, 0.5) is 0 Å². The van der Waals surface area contributed by atoms with Crippen LogP contribution < -0.4 is 0 Å². The fourth-order valence-corrected chi connectivity index (χ4v) is 13.5. The van der Waals surface area contributed by atoms with Gasteiger partial charge < -0.3 is 13.3 Å². The van der Waals surface area contributed by atoms with Gasteiger partial charge in [-0.25, -0.2) is 0 Å². The molecule has 0 aliphatic heterocycles. The zero-order valence-electron chi connectivity index (χ0n) is 34.5. The van der Waals surface area contributed by atoms with Crippen molar-refractivity contribution < 1.29 is 13.3 Å². The highest BCUT2D eigenvalue weighted by Gasteiger charge is 2.50. The van der Waals surface area contributed by atoms with E-state index in [1.807, 2.05) is 0 Å². The summed E-state index contributed by atoms with van der Waals surface area (Å²) in [6, 6.07) is 0. The van der Waals surface area contributed by atoms with E-state index in [1.165, 1.54) is 51.4 Å². The van der Waals surface area contributed by atoms with Gasteiger partial charge >= 0.3 is 0 Å². The minimum atomic E-state index is -1.87. The number of rotatable bonds is 12. The molecule has 3 rings (SSSR count). The molecular formula is C41H80O3Si3. The SMILES string of the molecule is C[C@H](CCCC(C)(C)O[Si](C)(C)C)[C@H]1CC[C@H]2C(=CC=C3C[C@@H](O[Si](C)(C)C(C)(C)C)C[C@H](O[Si](C)(C)C(C)(C)C)C3)CCC[C@]12C. The third-order valence-electron chi connectivity index (χ3n) is 13.3. The van der Waals surface area contributed by atoms with Crippen LogP contribution in [-0.2, 0) is 13.3 Å². The molecule has 0 aromatic carbocycles. The molecule has 0 spiro atoms. The molecule has 274 valence electrons. The second-order valence-electron chi connectivity index (χ2n) is 21.2. The molecule has 3 aliphatic carbocycles. The molecular weight excluding hydrogens is 625 g/mol. The molecule has 0 aromatic rings. The normalized spacial score (nSPS) is 30.1. The number of fused-ring (bicyclic) bond motifs is 1. The lowest BCUT2D eigenvalue weighted by Crippen LogP contribution is -2.48. The molecule has 6 atom stereocenters. The molecule has 6 heteroatoms. The first-order valence-electron chi connectivity index (χ1n) is 19.6. The Labute approximate surface area is 297 Å². The van der Waals surface area contributed by atoms with Gasteiger partial charge in [0.05, 0.1) is 17.8 Å². The van der Waals surface area contributed by atoms with Gasteiger partial charge in [0.2, 0.25) is 0 Å². The topological polar surface area (TPSA) is 27.7 Å². The van der Waals surface area contributed by atoms with Crippen LogP contribution in [0.3, 0.4) is 0 Å². The van der Waals surface area contributed by atoms with Crippen molar-refractivity contribution in [2.24, 2.45) is 23.2 Å². The van der Waals surface area contributed by atoms with Gasteiger partial charge in [0.1, 0.15) is 0 Å². The van der Waals surface area contributed by atoms with Crippen LogP contribution in [0.2, 0.25) is 55.9 Å². The van der Waals surface area contributed by atoms with Gasteiger partial charge in [0, 0.05) is 0 Å². The maximum atomic E-state index is 7.11. The molecule has 0 heterocycles. The summed E-state index contributed by atoms with van der Waals surface area (Å²) < 4.78 is 20.7. The fraction of sp³-hybridized carbons (Fsp3) is 0.902. The van der Waals surface area contributed by atoms with E-state index < -0.39 is 25.0 Å². The van der Waals surface area contributed by atoms with Crippen molar-refractivity contribution in [1.82, 2.24) is 0 Å². The van der Waals surface area contributed by atoms with Gasteiger partial charge in [-0.2, -0.15) is 0 Å². The van der Waals surface area contributed by atoms with Gasteiger partial charge in [-0.1, -0.05) is 91.5 Å². The van der Waals surface area contributed by atoms with E-state index in [-0.39, 0.29) is 27.9 Å². The highest BCUT2D eigenvalue weighted by atomic mass is 28.4. The molecule has 3 nitrogen and oxygen atoms in total. The predicted molar refractivity (Wildman–Crippen MR) is 214 cm³/mol. The first kappa shape index (κ1) is 41.4. The van der Waals surface area contributed by atoms with Gasteiger partial charge in [-0.3, -0.25) is 0 Å². The lowest BCUT2D eigenvalue weighted by molar-refractivity contribution is 0.0718. The molecule has 0 bridgehead atoms. The molecule has 0 unspecified atom stereocenters. The predicted octanol–water partition coefficient (Wildman–Crippen LogP) is 13.5. The number of hydrogen-bond donors (Lipinski definition) is 0. The molecule has 0 N–H and O–H groups in total. The molecule has 0 aromatic heterocycles. The Morgan fingerprint density at radius 3 is 1.83 bits per heavy atom. The van der Waals surface area contributed by atoms with E-state index in [1.54, 1.807) is 11.1 Å². The van der Waals surface area contributed by atoms with E-state index in [2.05, 4.69) is 127 Å². The van der Waals surface area contributed by atoms with Gasteiger partial charge in [0.25, 0.3) is 0 Å². The monoisotopic (exact) mass is 705 g/mol. The summed E-state index contributed by atoms with van der Waals surface area (Å²) in [5.41, 5.74) is 3.73. The smallest absolute Gasteiger partial charge is 0.192 e. The zero-order valence-corrected chi connectivity index (χ0v) is 37.5. The van der Waals surface area contributed by atoms with Crippen LogP contribution in [0.15, 0.2) is 23.3 Å². The van der Waals surface area contributed by atoms with Crippen molar-refractivity contribution in [2.75, 3.05) is 0 Å². The molecule has 0 saturated heterocycles. The average Bonchev–Trinajstić information content (AvgIpc) is 3.21. The third-order valence-corrected chi connectivity index (χ3v) is 23.6. The maximum absolute atomic E-state index is 7.11. The quantitative estimate of drug-likeness (QED) is 0.189. The summed E-state index contributed by atoms with van der Waals surface area (Å²) in [4.78, 5) is 0. The minimum absolute atomic E-state index is 0.00311. The van der Waals surface area contributed by atoms with Crippen molar-refractivity contribution in [3.63, 3.8) is 0 Å². The Bertz CT molecular complexity index is 1060. The summed E-state index contributed by atoms with van der Waals surface area (Å²) >= 11 is 0. The third kappa shape index (κ3) is 11.0. The van der Waals surface area contributed by atoms with Gasteiger partial charge in [-0.05, 0) is 151 Å². The standard InChI is InChI=1S/C41H80O3Si3/c1-31(20-18-26-40(8,9)44-45(11,12)13)36-24-25-37-33(21-19-27-41(36,37)10)23-22-32-28-34(42-46(14,15)38(2,3)4)30-35(29-32)43-47(16,17)39(5,6)7/h22-23,31,34-37H,18-21,24-30H2,1-17H3/t31-,34-,35-,36-,37+,41-/m1/s1. The average molecular weight is 705 g/mol. The van der Waals surface area contributed by atoms with E-state index >= 15 is 0 Å². The fourth-order valence-electron chi connectivity index (χ4n) is 9.00. The van der Waals surface area contributed by atoms with Crippen LogP contribution in [0.25, 0.3) is 0 Å². The second-order valence-corrected chi connectivity index (χ2v) is 35.1. The molecule has 3 aliphatic rings. The van der Waals surface area contributed by atoms with Crippen molar-refractivity contribution >= 4 is 25.0 Å². The highest BCUT2D eigenvalue weighted by molar-refractivity contribution is 6.74. The molecule has 0 amide bonds. The van der Waals surface area contributed by atoms with E-state index in [9.17, 15) is 0 Å². The lowest BCUT2D eigenvalue weighted by atomic mass is 9.60. The lowest BCUT2D eigenvalue weighted by Gasteiger charge is -2.45. The molecule has 47 heavy (non-hydrogen) atoms. The summed E-state index contributed by atoms with van der Waals surface area (Å²) in [5.74, 6) is 2.36. The van der Waals surface area contributed by atoms with Crippen LogP contribution in [0.1, 0.15) is 140 Å². The summed E-state index contributed by atoms with van der Waals surface area (Å²) in [6.07, 6.45) is 19.4. The first-order valence-corrected chi connectivity index (χ1v) is 28.8. The Morgan fingerprint density at radius 2 is 1.34 bits per heavy atom. The van der Waals surface area contributed by atoms with Gasteiger partial charge in [-0.15, -0.1) is 0 Å². The first-order chi connectivity index (χ1) is 21.2. The van der Waals surface area contributed by atoms with Crippen LogP contribution in [0, 0.1) is 23.2 Å². The minimum Gasteiger partial charge on any atom is -0.414 e. The second kappa shape index (κ2) is 14.9. The van der Waals surface area contributed by atoms with E-state index in [0.717, 1.165) is 37.0 Å². The maximum Gasteiger partial charge on any atom is 0.192 e. The Morgan fingerprint density at radius 1 is 0.809 bits per heavy atom. The molecule has 3 fully saturated rings. The van der Waals surface area contributed by atoms with Crippen LogP contribution in [0.5, 0.6) is 0 Å².